The molecule has 1 aromatic rings. The molecule has 1 aliphatic heterocycles. The van der Waals surface area contributed by atoms with E-state index >= 15 is 0 Å². The van der Waals surface area contributed by atoms with Crippen LogP contribution in [0.15, 0.2) is 24.5 Å². The van der Waals surface area contributed by atoms with Crippen molar-refractivity contribution < 1.29 is 0 Å². The minimum Gasteiger partial charge on any atom is -0.329 e. The van der Waals surface area contributed by atoms with Gasteiger partial charge >= 0.3 is 0 Å². The smallest absolute Gasteiger partial charge is 0.0338 e. The Kier molecular flexibility index (Phi) is 3.91. The average Bonchev–Trinajstić information content (AvgIpc) is 2.39. The van der Waals surface area contributed by atoms with Gasteiger partial charge in [-0.25, -0.2) is 0 Å². The van der Waals surface area contributed by atoms with Crippen molar-refractivity contribution in [2.24, 2.45) is 5.73 Å². The molecule has 3 nitrogen and oxygen atoms in total. The Morgan fingerprint density at radius 1 is 1.56 bits per heavy atom. The standard InChI is InChI=1S/C13H21N3/c1-11(12-5-4-7-15-10-12)16-8-3-2-6-13(16)9-14/h4-5,7,10-11,13H,2-3,6,8-9,14H2,1H3. The minimum atomic E-state index is 0.433. The van der Waals surface area contributed by atoms with Gasteiger partial charge in [-0.15, -0.1) is 0 Å². The highest BCUT2D eigenvalue weighted by Crippen LogP contribution is 2.27. The Bertz CT molecular complexity index is 312. The summed E-state index contributed by atoms with van der Waals surface area (Å²) in [6, 6.07) is 5.14. The first kappa shape index (κ1) is 11.6. The lowest BCUT2D eigenvalue weighted by molar-refractivity contribution is 0.108. The van der Waals surface area contributed by atoms with Crippen molar-refractivity contribution in [1.29, 1.82) is 0 Å². The zero-order valence-corrected chi connectivity index (χ0v) is 9.97. The van der Waals surface area contributed by atoms with Crippen LogP contribution in [0, 0.1) is 0 Å². The number of pyridine rings is 1. The third-order valence-corrected chi connectivity index (χ3v) is 3.61. The van der Waals surface area contributed by atoms with Crippen LogP contribution in [0.2, 0.25) is 0 Å². The maximum atomic E-state index is 5.85. The maximum Gasteiger partial charge on any atom is 0.0338 e. The number of piperidine rings is 1. The molecule has 1 fully saturated rings. The highest BCUT2D eigenvalue weighted by molar-refractivity contribution is 5.13. The van der Waals surface area contributed by atoms with E-state index in [4.69, 9.17) is 5.73 Å². The van der Waals surface area contributed by atoms with Crippen molar-refractivity contribution in [3.63, 3.8) is 0 Å². The molecule has 0 aromatic carbocycles. The Labute approximate surface area is 97.7 Å². The van der Waals surface area contributed by atoms with Crippen LogP contribution in [0.4, 0.5) is 0 Å². The first-order valence-electron chi connectivity index (χ1n) is 6.18. The van der Waals surface area contributed by atoms with Crippen LogP contribution >= 0.6 is 0 Å². The summed E-state index contributed by atoms with van der Waals surface area (Å²) in [6.45, 7) is 4.19. The summed E-state index contributed by atoms with van der Waals surface area (Å²) < 4.78 is 0. The molecule has 3 heteroatoms. The first-order chi connectivity index (χ1) is 7.83. The van der Waals surface area contributed by atoms with Crippen LogP contribution in [0.25, 0.3) is 0 Å². The van der Waals surface area contributed by atoms with Gasteiger partial charge in [0.25, 0.3) is 0 Å². The van der Waals surface area contributed by atoms with E-state index in [1.165, 1.54) is 24.8 Å². The normalized spacial score (nSPS) is 24.2. The van der Waals surface area contributed by atoms with E-state index in [1.807, 2.05) is 18.5 Å². The molecule has 0 spiro atoms. The fourth-order valence-electron chi connectivity index (χ4n) is 2.60. The van der Waals surface area contributed by atoms with Crippen molar-refractivity contribution in [2.45, 2.75) is 38.3 Å². The lowest BCUT2D eigenvalue weighted by Crippen LogP contribution is -2.45. The highest BCUT2D eigenvalue weighted by atomic mass is 15.2. The fourth-order valence-corrected chi connectivity index (χ4v) is 2.60. The summed E-state index contributed by atoms with van der Waals surface area (Å²) in [4.78, 5) is 6.72. The third kappa shape index (κ3) is 2.42. The number of hydrogen-bond acceptors (Lipinski definition) is 3. The molecular formula is C13H21N3. The van der Waals surface area contributed by atoms with Gasteiger partial charge in [0.1, 0.15) is 0 Å². The van der Waals surface area contributed by atoms with Gasteiger partial charge in [-0.3, -0.25) is 9.88 Å². The van der Waals surface area contributed by atoms with Crippen LogP contribution in [0.1, 0.15) is 37.8 Å². The lowest BCUT2D eigenvalue weighted by atomic mass is 9.98. The van der Waals surface area contributed by atoms with Crippen LogP contribution in [0.3, 0.4) is 0 Å². The van der Waals surface area contributed by atoms with Gasteiger partial charge in [0.2, 0.25) is 0 Å². The third-order valence-electron chi connectivity index (χ3n) is 3.61. The van der Waals surface area contributed by atoms with Crippen LogP contribution < -0.4 is 5.73 Å². The van der Waals surface area contributed by atoms with E-state index in [0.717, 1.165) is 13.1 Å². The van der Waals surface area contributed by atoms with Gasteiger partial charge in [0, 0.05) is 31.0 Å². The van der Waals surface area contributed by atoms with Crippen LogP contribution in [0.5, 0.6) is 0 Å². The predicted molar refractivity (Wildman–Crippen MR) is 66.1 cm³/mol. The molecular weight excluding hydrogens is 198 g/mol. The molecule has 2 rings (SSSR count). The van der Waals surface area contributed by atoms with Crippen molar-refractivity contribution >= 4 is 0 Å². The lowest BCUT2D eigenvalue weighted by Gasteiger charge is -2.39. The van der Waals surface area contributed by atoms with E-state index in [-0.39, 0.29) is 0 Å². The van der Waals surface area contributed by atoms with Crippen LogP contribution in [-0.4, -0.2) is 29.0 Å². The summed E-state index contributed by atoms with van der Waals surface area (Å²) in [6.07, 6.45) is 7.64. The molecule has 0 aliphatic carbocycles. The molecule has 2 heterocycles. The molecule has 0 radical (unpaired) electrons. The molecule has 88 valence electrons. The SMILES string of the molecule is CC(c1cccnc1)N1CCCCC1CN. The molecule has 2 atom stereocenters. The van der Waals surface area contributed by atoms with Gasteiger partial charge in [0.15, 0.2) is 0 Å². The monoisotopic (exact) mass is 219 g/mol. The van der Waals surface area contributed by atoms with Crippen molar-refractivity contribution in [3.05, 3.63) is 30.1 Å². The fraction of sp³-hybridized carbons (Fsp3) is 0.615. The highest BCUT2D eigenvalue weighted by Gasteiger charge is 2.26. The number of nitrogens with two attached hydrogens (primary N) is 1. The zero-order chi connectivity index (χ0) is 11.4. The summed E-state index contributed by atoms with van der Waals surface area (Å²) in [7, 11) is 0. The second-order valence-electron chi connectivity index (χ2n) is 4.59. The first-order valence-corrected chi connectivity index (χ1v) is 6.18. The molecule has 2 N–H and O–H groups in total. The maximum absolute atomic E-state index is 5.85. The second kappa shape index (κ2) is 5.41. The van der Waals surface area contributed by atoms with E-state index in [0.29, 0.717) is 12.1 Å². The van der Waals surface area contributed by atoms with E-state index in [9.17, 15) is 0 Å². The van der Waals surface area contributed by atoms with Gasteiger partial charge in [0.05, 0.1) is 0 Å². The van der Waals surface area contributed by atoms with Gasteiger partial charge in [-0.2, -0.15) is 0 Å². The Morgan fingerprint density at radius 2 is 2.44 bits per heavy atom. The molecule has 0 amide bonds. The quantitative estimate of drug-likeness (QED) is 0.845. The van der Waals surface area contributed by atoms with Crippen molar-refractivity contribution in [2.75, 3.05) is 13.1 Å². The molecule has 16 heavy (non-hydrogen) atoms. The number of nitrogens with zero attached hydrogens (tertiary/aromatic N) is 2. The molecule has 2 unspecified atom stereocenters. The zero-order valence-electron chi connectivity index (χ0n) is 9.97. The van der Waals surface area contributed by atoms with Crippen molar-refractivity contribution in [3.8, 4) is 0 Å². The van der Waals surface area contributed by atoms with E-state index in [2.05, 4.69) is 22.9 Å². The Hall–Kier alpha value is -0.930. The summed E-state index contributed by atoms with van der Waals surface area (Å²) >= 11 is 0. The van der Waals surface area contributed by atoms with Gasteiger partial charge in [-0.1, -0.05) is 12.5 Å². The molecule has 0 saturated carbocycles. The summed E-state index contributed by atoms with van der Waals surface area (Å²) in [5.41, 5.74) is 7.15. The van der Waals surface area contributed by atoms with Crippen molar-refractivity contribution in [1.82, 2.24) is 9.88 Å². The number of likely N-dealkylation sites (tertiary alicyclic amines) is 1. The number of aromatic nitrogens is 1. The molecule has 1 aromatic heterocycles. The molecule has 1 aliphatic rings. The topological polar surface area (TPSA) is 42.2 Å². The number of hydrogen-bond donors (Lipinski definition) is 1. The second-order valence-corrected chi connectivity index (χ2v) is 4.59. The Morgan fingerprint density at radius 3 is 3.12 bits per heavy atom. The van der Waals surface area contributed by atoms with E-state index in [1.54, 1.807) is 0 Å². The largest absolute Gasteiger partial charge is 0.329 e. The molecule has 1 saturated heterocycles. The van der Waals surface area contributed by atoms with E-state index < -0.39 is 0 Å². The van der Waals surface area contributed by atoms with Crippen LogP contribution in [-0.2, 0) is 0 Å². The minimum absolute atomic E-state index is 0.433. The molecule has 0 bridgehead atoms. The predicted octanol–water partition coefficient (Wildman–Crippen LogP) is 1.96. The number of rotatable bonds is 3. The summed E-state index contributed by atoms with van der Waals surface area (Å²) in [5.74, 6) is 0. The Balaban J connectivity index is 2.10. The summed E-state index contributed by atoms with van der Waals surface area (Å²) in [5, 5.41) is 0. The van der Waals surface area contributed by atoms with Gasteiger partial charge < -0.3 is 5.73 Å². The average molecular weight is 219 g/mol. The van der Waals surface area contributed by atoms with Gasteiger partial charge in [-0.05, 0) is 37.9 Å².